The molecule has 6 aliphatic rings. The fraction of sp³-hybridized carbons (Fsp3) is 1.00. The van der Waals surface area contributed by atoms with Crippen LogP contribution in [0, 0.1) is 0 Å². The molecule has 0 aromatic rings. The molecule has 6 saturated heterocycles. The Hall–Kier alpha value is 0.314. The average Bonchev–Trinajstić information content (AvgIpc) is 2.41. The van der Waals surface area contributed by atoms with Crippen LogP contribution in [0.4, 0.5) is 0 Å². The smallest absolute Gasteiger partial charge is 0.179 e. The minimum atomic E-state index is -1.42. The lowest BCUT2D eigenvalue weighted by Crippen LogP contribution is -2.55. The Kier molecular flexibility index (Phi) is 5.31. The first-order valence-electron chi connectivity index (χ1n) is 10.4. The molecule has 6 fully saturated rings. The summed E-state index contributed by atoms with van der Waals surface area (Å²) < 4.78 is 7.55. The molecular weight excluding hydrogens is 316 g/mol. The third-order valence-corrected chi connectivity index (χ3v) is 18.1. The summed E-state index contributed by atoms with van der Waals surface area (Å²) in [6, 6.07) is 8.94. The SMILES string of the molecule is C1CN2CCC[Si](O[Si]34CCCN(CCC3)CCC4)(C1)CCC2. The first-order valence-corrected chi connectivity index (χ1v) is 15.5. The molecule has 6 aliphatic heterocycles. The van der Waals surface area contributed by atoms with E-state index in [1.54, 1.807) is 0 Å². The molecule has 0 radical (unpaired) electrons. The van der Waals surface area contributed by atoms with E-state index in [2.05, 4.69) is 9.80 Å². The van der Waals surface area contributed by atoms with E-state index < -0.39 is 16.6 Å². The van der Waals surface area contributed by atoms with Gasteiger partial charge in [-0.1, -0.05) is 0 Å². The van der Waals surface area contributed by atoms with Crippen molar-refractivity contribution in [2.24, 2.45) is 0 Å². The lowest BCUT2D eigenvalue weighted by Gasteiger charge is -2.48. The fourth-order valence-corrected chi connectivity index (χ4v) is 18.4. The Bertz CT molecular complexity index is 317. The Labute approximate surface area is 145 Å². The number of hydrogen-bond acceptors (Lipinski definition) is 3. The summed E-state index contributed by atoms with van der Waals surface area (Å²) in [5.74, 6) is 0. The van der Waals surface area contributed by atoms with Crippen LogP contribution in [0.25, 0.3) is 0 Å². The van der Waals surface area contributed by atoms with E-state index in [9.17, 15) is 0 Å². The third kappa shape index (κ3) is 3.94. The van der Waals surface area contributed by atoms with Crippen LogP contribution in [0.3, 0.4) is 0 Å². The van der Waals surface area contributed by atoms with Gasteiger partial charge in [0.1, 0.15) is 0 Å². The zero-order valence-corrected chi connectivity index (χ0v) is 17.0. The minimum absolute atomic E-state index is 1.36. The van der Waals surface area contributed by atoms with Crippen LogP contribution in [0.2, 0.25) is 36.3 Å². The summed E-state index contributed by atoms with van der Waals surface area (Å²) in [5, 5.41) is 0. The summed E-state index contributed by atoms with van der Waals surface area (Å²) >= 11 is 0. The van der Waals surface area contributed by atoms with E-state index in [4.69, 9.17) is 4.12 Å². The van der Waals surface area contributed by atoms with Gasteiger partial charge in [0.2, 0.25) is 0 Å². The molecule has 0 aromatic heterocycles. The second-order valence-electron chi connectivity index (χ2n) is 8.77. The van der Waals surface area contributed by atoms with Crippen LogP contribution >= 0.6 is 0 Å². The standard InChI is InChI=1S/C18H36N2OSi2/c1-7-19-8-2-14-22(13-1,15-3-9-19)21-23-16-4-10-20(11-5-17-23)12-6-18-23/h1-18H2. The lowest BCUT2D eigenvalue weighted by molar-refractivity contribution is 0.245. The van der Waals surface area contributed by atoms with Gasteiger partial charge in [-0.2, -0.15) is 0 Å². The van der Waals surface area contributed by atoms with Gasteiger partial charge in [-0.05, 0) is 114 Å². The molecule has 0 aromatic carbocycles. The molecule has 3 nitrogen and oxygen atoms in total. The Morgan fingerprint density at radius 2 is 0.696 bits per heavy atom. The van der Waals surface area contributed by atoms with Gasteiger partial charge in [0.25, 0.3) is 0 Å². The van der Waals surface area contributed by atoms with Crippen LogP contribution in [-0.2, 0) is 4.12 Å². The van der Waals surface area contributed by atoms with Crippen molar-refractivity contribution in [3.05, 3.63) is 0 Å². The first kappa shape index (κ1) is 16.8. The monoisotopic (exact) mass is 352 g/mol. The molecule has 6 heterocycles. The second kappa shape index (κ2) is 7.28. The Morgan fingerprint density at radius 3 is 0.957 bits per heavy atom. The van der Waals surface area contributed by atoms with Gasteiger partial charge >= 0.3 is 0 Å². The first-order chi connectivity index (χ1) is 11.3. The molecular formula is C18H36N2OSi2. The zero-order valence-electron chi connectivity index (χ0n) is 15.0. The Balaban J connectivity index is 1.52. The van der Waals surface area contributed by atoms with Crippen molar-refractivity contribution in [3.8, 4) is 0 Å². The van der Waals surface area contributed by atoms with Gasteiger partial charge < -0.3 is 13.9 Å². The van der Waals surface area contributed by atoms with Gasteiger partial charge in [-0.3, -0.25) is 0 Å². The quantitative estimate of drug-likeness (QED) is 0.701. The van der Waals surface area contributed by atoms with Gasteiger partial charge in [0.05, 0.1) is 0 Å². The highest BCUT2D eigenvalue weighted by molar-refractivity contribution is 6.87. The lowest BCUT2D eigenvalue weighted by atomic mass is 10.3. The molecule has 5 heteroatoms. The van der Waals surface area contributed by atoms with Crippen molar-refractivity contribution in [3.63, 3.8) is 0 Å². The van der Waals surface area contributed by atoms with E-state index in [1.807, 2.05) is 0 Å². The van der Waals surface area contributed by atoms with Crippen molar-refractivity contribution in [2.75, 3.05) is 39.3 Å². The van der Waals surface area contributed by atoms with Gasteiger partial charge in [-0.15, -0.1) is 0 Å². The van der Waals surface area contributed by atoms with Crippen molar-refractivity contribution in [2.45, 2.75) is 74.8 Å². The predicted octanol–water partition coefficient (Wildman–Crippen LogP) is 3.89. The molecule has 0 amide bonds. The highest BCUT2D eigenvalue weighted by Gasteiger charge is 2.46. The van der Waals surface area contributed by atoms with E-state index in [-0.39, 0.29) is 0 Å². The third-order valence-electron chi connectivity index (χ3n) is 7.07. The van der Waals surface area contributed by atoms with Gasteiger partial charge in [-0.25, -0.2) is 0 Å². The predicted molar refractivity (Wildman–Crippen MR) is 102 cm³/mol. The number of rotatable bonds is 2. The minimum Gasteiger partial charge on any atom is -0.455 e. The number of fused-ring (bicyclic) bond motifs is 12. The maximum atomic E-state index is 7.55. The summed E-state index contributed by atoms with van der Waals surface area (Å²) in [5.41, 5.74) is 0. The van der Waals surface area contributed by atoms with Crippen LogP contribution in [0.5, 0.6) is 0 Å². The molecule has 0 spiro atoms. The molecule has 4 bridgehead atoms. The summed E-state index contributed by atoms with van der Waals surface area (Å²) in [4.78, 5) is 5.46. The zero-order chi connectivity index (χ0) is 15.6. The van der Waals surface area contributed by atoms with Crippen molar-refractivity contribution >= 4 is 16.6 Å². The summed E-state index contributed by atoms with van der Waals surface area (Å²) in [6.07, 6.45) is 8.61. The van der Waals surface area contributed by atoms with E-state index in [0.717, 1.165) is 0 Å². The number of nitrogens with zero attached hydrogens (tertiary/aromatic N) is 2. The maximum absolute atomic E-state index is 7.55. The van der Waals surface area contributed by atoms with Crippen molar-refractivity contribution < 1.29 is 4.12 Å². The van der Waals surface area contributed by atoms with Gasteiger partial charge in [0, 0.05) is 0 Å². The number of hydrogen-bond donors (Lipinski definition) is 0. The molecule has 0 unspecified atom stereocenters. The Morgan fingerprint density at radius 1 is 0.435 bits per heavy atom. The summed E-state index contributed by atoms with van der Waals surface area (Å²) in [6.45, 7) is 8.18. The molecule has 23 heavy (non-hydrogen) atoms. The average molecular weight is 353 g/mol. The molecule has 6 rings (SSSR count). The van der Waals surface area contributed by atoms with Crippen molar-refractivity contribution in [1.82, 2.24) is 9.80 Å². The van der Waals surface area contributed by atoms with E-state index in [0.29, 0.717) is 0 Å². The topological polar surface area (TPSA) is 15.7 Å². The van der Waals surface area contributed by atoms with E-state index >= 15 is 0 Å². The molecule has 0 N–H and O–H groups in total. The maximum Gasteiger partial charge on any atom is 0.179 e. The second-order valence-corrected chi connectivity index (χ2v) is 17.3. The molecule has 132 valence electrons. The fourth-order valence-electron chi connectivity index (χ4n) is 5.94. The highest BCUT2D eigenvalue weighted by Crippen LogP contribution is 2.40. The molecule has 0 aliphatic carbocycles. The molecule has 0 atom stereocenters. The normalized spacial score (nSPS) is 45.4. The molecule has 0 saturated carbocycles. The summed E-state index contributed by atoms with van der Waals surface area (Å²) in [7, 11) is -2.85. The van der Waals surface area contributed by atoms with Crippen LogP contribution in [0.1, 0.15) is 38.5 Å². The highest BCUT2D eigenvalue weighted by atomic mass is 28.4. The van der Waals surface area contributed by atoms with E-state index in [1.165, 1.54) is 114 Å². The van der Waals surface area contributed by atoms with Crippen LogP contribution in [-0.4, -0.2) is 65.7 Å². The van der Waals surface area contributed by atoms with Crippen LogP contribution < -0.4 is 0 Å². The largest absolute Gasteiger partial charge is 0.455 e. The van der Waals surface area contributed by atoms with Gasteiger partial charge in [0.15, 0.2) is 16.6 Å². The van der Waals surface area contributed by atoms with Crippen molar-refractivity contribution in [1.29, 1.82) is 0 Å². The van der Waals surface area contributed by atoms with Crippen LogP contribution in [0.15, 0.2) is 0 Å².